The lowest BCUT2D eigenvalue weighted by Gasteiger charge is -2.15. The summed E-state index contributed by atoms with van der Waals surface area (Å²) < 4.78 is 0. The standard InChI is InChI=1S/C7H10N4/c1-3-11(2)7(10)6(4-8)5-9/h3,10H2,1-2H3. The van der Waals surface area contributed by atoms with Crippen molar-refractivity contribution in [1.29, 1.82) is 10.5 Å². The Hall–Kier alpha value is -1.68. The molecule has 0 aliphatic carbocycles. The van der Waals surface area contributed by atoms with E-state index >= 15 is 0 Å². The van der Waals surface area contributed by atoms with Gasteiger partial charge in [-0.15, -0.1) is 0 Å². The van der Waals surface area contributed by atoms with Gasteiger partial charge < -0.3 is 10.6 Å². The van der Waals surface area contributed by atoms with Gasteiger partial charge in [0.1, 0.15) is 18.0 Å². The molecule has 0 aromatic rings. The third-order valence-electron chi connectivity index (χ3n) is 1.37. The Kier molecular flexibility index (Phi) is 3.55. The summed E-state index contributed by atoms with van der Waals surface area (Å²) >= 11 is 0. The quantitative estimate of drug-likeness (QED) is 0.568. The molecule has 0 saturated heterocycles. The summed E-state index contributed by atoms with van der Waals surface area (Å²) in [5.74, 6) is 0.234. The highest BCUT2D eigenvalue weighted by Gasteiger charge is 2.04. The van der Waals surface area contributed by atoms with Crippen molar-refractivity contribution in [2.24, 2.45) is 5.73 Å². The Bertz CT molecular complexity index is 224. The molecule has 0 aromatic carbocycles. The van der Waals surface area contributed by atoms with Crippen LogP contribution in [0.15, 0.2) is 11.4 Å². The summed E-state index contributed by atoms with van der Waals surface area (Å²) in [5, 5.41) is 16.8. The van der Waals surface area contributed by atoms with Crippen LogP contribution >= 0.6 is 0 Å². The number of hydrogen-bond acceptors (Lipinski definition) is 4. The zero-order valence-electron chi connectivity index (χ0n) is 6.63. The highest BCUT2D eigenvalue weighted by molar-refractivity contribution is 5.38. The molecule has 4 heteroatoms. The van der Waals surface area contributed by atoms with Crippen molar-refractivity contribution in [1.82, 2.24) is 4.90 Å². The molecule has 0 atom stereocenters. The second-order valence-corrected chi connectivity index (χ2v) is 2.00. The van der Waals surface area contributed by atoms with Crippen molar-refractivity contribution in [3.8, 4) is 12.1 Å². The van der Waals surface area contributed by atoms with Crippen LogP contribution in [0.2, 0.25) is 0 Å². The molecule has 4 nitrogen and oxygen atoms in total. The lowest BCUT2D eigenvalue weighted by Crippen LogP contribution is -2.24. The normalized spacial score (nSPS) is 7.64. The van der Waals surface area contributed by atoms with E-state index in [0.29, 0.717) is 6.54 Å². The van der Waals surface area contributed by atoms with Gasteiger partial charge in [-0.3, -0.25) is 0 Å². The van der Waals surface area contributed by atoms with E-state index in [1.54, 1.807) is 24.1 Å². The number of nitrogens with two attached hydrogens (primary N) is 1. The summed E-state index contributed by atoms with van der Waals surface area (Å²) in [6.07, 6.45) is 0. The first kappa shape index (κ1) is 9.32. The second kappa shape index (κ2) is 4.19. The highest BCUT2D eigenvalue weighted by atomic mass is 15.2. The number of nitrogens with zero attached hydrogens (tertiary/aromatic N) is 3. The first-order valence-electron chi connectivity index (χ1n) is 3.18. The first-order valence-corrected chi connectivity index (χ1v) is 3.18. The maximum absolute atomic E-state index is 8.40. The van der Waals surface area contributed by atoms with E-state index in [4.69, 9.17) is 16.3 Å². The van der Waals surface area contributed by atoms with Gasteiger partial charge in [0, 0.05) is 13.6 Å². The lowest BCUT2D eigenvalue weighted by molar-refractivity contribution is 0.435. The maximum Gasteiger partial charge on any atom is 0.169 e. The Morgan fingerprint density at radius 3 is 2.18 bits per heavy atom. The molecule has 0 rings (SSSR count). The Balaban J connectivity index is 4.68. The van der Waals surface area contributed by atoms with Gasteiger partial charge in [0.25, 0.3) is 0 Å². The van der Waals surface area contributed by atoms with E-state index in [0.717, 1.165) is 0 Å². The molecule has 0 fully saturated rings. The fourth-order valence-corrected chi connectivity index (χ4v) is 0.501. The molecule has 58 valence electrons. The molecular formula is C7H10N4. The van der Waals surface area contributed by atoms with E-state index in [2.05, 4.69) is 0 Å². The minimum Gasteiger partial charge on any atom is -0.384 e. The van der Waals surface area contributed by atoms with E-state index in [9.17, 15) is 0 Å². The van der Waals surface area contributed by atoms with Gasteiger partial charge in [-0.25, -0.2) is 0 Å². The predicted octanol–water partition coefficient (Wildman–Crippen LogP) is 0.156. The predicted molar refractivity (Wildman–Crippen MR) is 40.7 cm³/mol. The fraction of sp³-hybridized carbons (Fsp3) is 0.429. The number of allylic oxidation sites excluding steroid dienone is 1. The molecular weight excluding hydrogens is 140 g/mol. The smallest absolute Gasteiger partial charge is 0.169 e. The molecule has 0 aliphatic rings. The van der Waals surface area contributed by atoms with Crippen molar-refractivity contribution < 1.29 is 0 Å². The van der Waals surface area contributed by atoms with Gasteiger partial charge in [-0.1, -0.05) is 0 Å². The van der Waals surface area contributed by atoms with Gasteiger partial charge in [0.2, 0.25) is 0 Å². The van der Waals surface area contributed by atoms with Crippen LogP contribution in [0.5, 0.6) is 0 Å². The second-order valence-electron chi connectivity index (χ2n) is 2.00. The van der Waals surface area contributed by atoms with Crippen molar-refractivity contribution in [2.45, 2.75) is 6.92 Å². The molecule has 0 spiro atoms. The summed E-state index contributed by atoms with van der Waals surface area (Å²) in [4.78, 5) is 1.64. The molecule has 11 heavy (non-hydrogen) atoms. The van der Waals surface area contributed by atoms with E-state index in [-0.39, 0.29) is 11.4 Å². The topological polar surface area (TPSA) is 76.8 Å². The molecule has 0 radical (unpaired) electrons. The van der Waals surface area contributed by atoms with Crippen LogP contribution < -0.4 is 5.73 Å². The Morgan fingerprint density at radius 1 is 1.45 bits per heavy atom. The molecule has 0 bridgehead atoms. The SMILES string of the molecule is CCN(C)C(N)=C(C#N)C#N. The van der Waals surface area contributed by atoms with Crippen LogP contribution in [0, 0.1) is 22.7 Å². The minimum atomic E-state index is -0.0330. The number of nitriles is 2. The molecule has 0 aromatic heterocycles. The van der Waals surface area contributed by atoms with E-state index in [1.807, 2.05) is 6.92 Å². The lowest BCUT2D eigenvalue weighted by atomic mass is 10.3. The number of hydrogen-bond donors (Lipinski definition) is 1. The van der Waals surface area contributed by atoms with Crippen molar-refractivity contribution in [2.75, 3.05) is 13.6 Å². The van der Waals surface area contributed by atoms with Gasteiger partial charge >= 0.3 is 0 Å². The number of rotatable bonds is 2. The Labute approximate surface area is 66.1 Å². The monoisotopic (exact) mass is 150 g/mol. The van der Waals surface area contributed by atoms with Crippen LogP contribution in [0.1, 0.15) is 6.92 Å². The zero-order valence-corrected chi connectivity index (χ0v) is 6.63. The van der Waals surface area contributed by atoms with Gasteiger partial charge in [0.15, 0.2) is 5.57 Å². The van der Waals surface area contributed by atoms with Gasteiger partial charge in [-0.2, -0.15) is 10.5 Å². The molecule has 0 heterocycles. The molecule has 0 aliphatic heterocycles. The van der Waals surface area contributed by atoms with Gasteiger partial charge in [-0.05, 0) is 6.92 Å². The molecule has 0 amide bonds. The Morgan fingerprint density at radius 2 is 1.91 bits per heavy atom. The average Bonchev–Trinajstić information content (AvgIpc) is 2.05. The molecule has 2 N–H and O–H groups in total. The third kappa shape index (κ3) is 2.19. The van der Waals surface area contributed by atoms with Crippen LogP contribution in [0.25, 0.3) is 0 Å². The molecule has 0 saturated carbocycles. The third-order valence-corrected chi connectivity index (χ3v) is 1.37. The van der Waals surface area contributed by atoms with Crippen LogP contribution in [-0.4, -0.2) is 18.5 Å². The maximum atomic E-state index is 8.40. The van der Waals surface area contributed by atoms with Crippen molar-refractivity contribution in [3.63, 3.8) is 0 Å². The van der Waals surface area contributed by atoms with Crippen molar-refractivity contribution in [3.05, 3.63) is 11.4 Å². The largest absolute Gasteiger partial charge is 0.384 e. The summed E-state index contributed by atoms with van der Waals surface area (Å²) in [6.45, 7) is 2.57. The summed E-state index contributed by atoms with van der Waals surface area (Å²) in [7, 11) is 1.73. The van der Waals surface area contributed by atoms with Crippen molar-refractivity contribution >= 4 is 0 Å². The summed E-state index contributed by atoms with van der Waals surface area (Å²) in [6, 6.07) is 3.44. The minimum absolute atomic E-state index is 0.0330. The van der Waals surface area contributed by atoms with Crippen LogP contribution in [0.4, 0.5) is 0 Å². The van der Waals surface area contributed by atoms with Gasteiger partial charge in [0.05, 0.1) is 0 Å². The average molecular weight is 150 g/mol. The van der Waals surface area contributed by atoms with E-state index in [1.165, 1.54) is 0 Å². The molecule has 0 unspecified atom stereocenters. The zero-order chi connectivity index (χ0) is 8.85. The summed E-state index contributed by atoms with van der Waals surface area (Å²) in [5.41, 5.74) is 5.42. The fourth-order valence-electron chi connectivity index (χ4n) is 0.501. The highest BCUT2D eigenvalue weighted by Crippen LogP contribution is 1.99. The van der Waals surface area contributed by atoms with Crippen LogP contribution in [-0.2, 0) is 0 Å². The first-order chi connectivity index (χ1) is 5.17. The van der Waals surface area contributed by atoms with Crippen LogP contribution in [0.3, 0.4) is 0 Å². The van der Waals surface area contributed by atoms with E-state index < -0.39 is 0 Å².